The third-order valence-electron chi connectivity index (χ3n) is 3.70. The van der Waals surface area contributed by atoms with Crippen molar-refractivity contribution >= 4 is 11.6 Å². The van der Waals surface area contributed by atoms with Crippen LogP contribution in [-0.4, -0.2) is 24.0 Å². The first-order valence-electron chi connectivity index (χ1n) is 7.34. The molecule has 1 aliphatic heterocycles. The van der Waals surface area contributed by atoms with Crippen molar-refractivity contribution < 1.29 is 9.21 Å². The van der Waals surface area contributed by atoms with E-state index in [1.54, 1.807) is 18.5 Å². The molecule has 0 saturated carbocycles. The average molecular weight is 285 g/mol. The van der Waals surface area contributed by atoms with E-state index in [1.165, 1.54) is 19.3 Å². The van der Waals surface area contributed by atoms with E-state index in [1.807, 2.05) is 18.2 Å². The minimum Gasteiger partial charge on any atom is -0.467 e. The molecule has 2 aromatic rings. The van der Waals surface area contributed by atoms with Crippen LogP contribution in [0.25, 0.3) is 0 Å². The Morgan fingerprint density at radius 1 is 1.29 bits per heavy atom. The van der Waals surface area contributed by atoms with Gasteiger partial charge in [0.1, 0.15) is 11.5 Å². The first-order valence-corrected chi connectivity index (χ1v) is 7.34. The summed E-state index contributed by atoms with van der Waals surface area (Å²) < 4.78 is 5.20. The highest BCUT2D eigenvalue weighted by Gasteiger charge is 2.14. The van der Waals surface area contributed by atoms with Gasteiger partial charge < -0.3 is 14.6 Å². The highest BCUT2D eigenvalue weighted by atomic mass is 16.3. The predicted octanol–water partition coefficient (Wildman–Crippen LogP) is 2.59. The number of aromatic nitrogens is 1. The molecule has 21 heavy (non-hydrogen) atoms. The monoisotopic (exact) mass is 285 g/mol. The zero-order valence-electron chi connectivity index (χ0n) is 11.9. The summed E-state index contributed by atoms with van der Waals surface area (Å²) in [5.74, 6) is 0.556. The Kier molecular flexibility index (Phi) is 4.19. The molecule has 5 heteroatoms. The van der Waals surface area contributed by atoms with Crippen molar-refractivity contribution in [2.75, 3.05) is 18.0 Å². The lowest BCUT2D eigenvalue weighted by atomic mass is 10.1. The van der Waals surface area contributed by atoms with Crippen LogP contribution in [0.3, 0.4) is 0 Å². The van der Waals surface area contributed by atoms with Crippen LogP contribution in [0.1, 0.15) is 35.5 Å². The Morgan fingerprint density at radius 2 is 2.14 bits per heavy atom. The van der Waals surface area contributed by atoms with Gasteiger partial charge in [0.25, 0.3) is 5.91 Å². The maximum atomic E-state index is 12.1. The largest absolute Gasteiger partial charge is 0.467 e. The summed E-state index contributed by atoms with van der Waals surface area (Å²) in [6, 6.07) is 7.46. The fourth-order valence-corrected chi connectivity index (χ4v) is 2.56. The van der Waals surface area contributed by atoms with Crippen LogP contribution in [0.2, 0.25) is 0 Å². The molecule has 2 aromatic heterocycles. The van der Waals surface area contributed by atoms with E-state index >= 15 is 0 Å². The molecule has 1 saturated heterocycles. The standard InChI is InChI=1S/C16H19N3O2/c20-16(18-12-14-5-4-10-21-14)15-11-13(6-7-17-15)19-8-2-1-3-9-19/h4-7,10-11H,1-3,8-9,12H2,(H,18,20). The lowest BCUT2D eigenvalue weighted by Crippen LogP contribution is -2.30. The molecule has 0 bridgehead atoms. The number of carbonyl (C=O) groups excluding carboxylic acids is 1. The zero-order valence-corrected chi connectivity index (χ0v) is 11.9. The normalized spacial score (nSPS) is 15.0. The van der Waals surface area contributed by atoms with Gasteiger partial charge in [-0.2, -0.15) is 0 Å². The van der Waals surface area contributed by atoms with Gasteiger partial charge in [0.15, 0.2) is 0 Å². The van der Waals surface area contributed by atoms with Crippen molar-refractivity contribution in [3.8, 4) is 0 Å². The summed E-state index contributed by atoms with van der Waals surface area (Å²) in [7, 11) is 0. The van der Waals surface area contributed by atoms with E-state index in [9.17, 15) is 4.79 Å². The van der Waals surface area contributed by atoms with Crippen LogP contribution < -0.4 is 10.2 Å². The van der Waals surface area contributed by atoms with Crippen LogP contribution in [0.15, 0.2) is 41.1 Å². The van der Waals surface area contributed by atoms with Gasteiger partial charge in [-0.3, -0.25) is 9.78 Å². The predicted molar refractivity (Wildman–Crippen MR) is 80.2 cm³/mol. The summed E-state index contributed by atoms with van der Waals surface area (Å²) in [6.45, 7) is 2.48. The second-order valence-corrected chi connectivity index (χ2v) is 5.21. The molecule has 1 amide bonds. The number of piperidine rings is 1. The lowest BCUT2D eigenvalue weighted by molar-refractivity contribution is 0.0943. The summed E-state index contributed by atoms with van der Waals surface area (Å²) in [6.07, 6.45) is 7.01. The number of nitrogens with zero attached hydrogens (tertiary/aromatic N) is 2. The number of pyridine rings is 1. The fourth-order valence-electron chi connectivity index (χ4n) is 2.56. The van der Waals surface area contributed by atoms with Crippen molar-refractivity contribution in [1.82, 2.24) is 10.3 Å². The molecule has 0 aliphatic carbocycles. The number of anilines is 1. The number of amides is 1. The Hall–Kier alpha value is -2.30. The highest BCUT2D eigenvalue weighted by molar-refractivity contribution is 5.93. The maximum absolute atomic E-state index is 12.1. The first kappa shape index (κ1) is 13.7. The van der Waals surface area contributed by atoms with Gasteiger partial charge in [-0.1, -0.05) is 0 Å². The number of rotatable bonds is 4. The number of hydrogen-bond acceptors (Lipinski definition) is 4. The SMILES string of the molecule is O=C(NCc1ccco1)c1cc(N2CCCCC2)ccn1. The summed E-state index contributed by atoms with van der Waals surface area (Å²) in [5.41, 5.74) is 1.53. The van der Waals surface area contributed by atoms with Crippen molar-refractivity contribution in [1.29, 1.82) is 0 Å². The Bertz CT molecular complexity index is 589. The van der Waals surface area contributed by atoms with Gasteiger partial charge in [0, 0.05) is 25.0 Å². The molecular weight excluding hydrogens is 266 g/mol. The molecule has 0 radical (unpaired) electrons. The molecule has 0 atom stereocenters. The van der Waals surface area contributed by atoms with E-state index in [-0.39, 0.29) is 5.91 Å². The minimum absolute atomic E-state index is 0.176. The maximum Gasteiger partial charge on any atom is 0.270 e. The number of nitrogens with one attached hydrogen (secondary N) is 1. The van der Waals surface area contributed by atoms with Crippen LogP contribution in [0.4, 0.5) is 5.69 Å². The van der Waals surface area contributed by atoms with E-state index in [0.717, 1.165) is 24.5 Å². The second kappa shape index (κ2) is 6.43. The lowest BCUT2D eigenvalue weighted by Gasteiger charge is -2.28. The number of carbonyl (C=O) groups is 1. The Morgan fingerprint density at radius 3 is 2.90 bits per heavy atom. The highest BCUT2D eigenvalue weighted by Crippen LogP contribution is 2.19. The quantitative estimate of drug-likeness (QED) is 0.938. The van der Waals surface area contributed by atoms with Gasteiger partial charge >= 0.3 is 0 Å². The van der Waals surface area contributed by atoms with E-state index < -0.39 is 0 Å². The van der Waals surface area contributed by atoms with Crippen LogP contribution in [0.5, 0.6) is 0 Å². The molecule has 1 fully saturated rings. The van der Waals surface area contributed by atoms with Crippen LogP contribution in [-0.2, 0) is 6.54 Å². The van der Waals surface area contributed by atoms with Crippen molar-refractivity contribution in [3.63, 3.8) is 0 Å². The molecule has 1 aliphatic rings. The smallest absolute Gasteiger partial charge is 0.270 e. The molecule has 0 unspecified atom stereocenters. The number of furan rings is 1. The van der Waals surface area contributed by atoms with Gasteiger partial charge in [-0.05, 0) is 43.5 Å². The topological polar surface area (TPSA) is 58.4 Å². The molecule has 3 rings (SSSR count). The van der Waals surface area contributed by atoms with Gasteiger partial charge in [0.05, 0.1) is 12.8 Å². The van der Waals surface area contributed by atoms with Crippen molar-refractivity contribution in [2.45, 2.75) is 25.8 Å². The molecular formula is C16H19N3O2. The summed E-state index contributed by atoms with van der Waals surface area (Å²) >= 11 is 0. The molecule has 0 aromatic carbocycles. The Balaban J connectivity index is 1.65. The molecule has 0 spiro atoms. The first-order chi connectivity index (χ1) is 10.3. The van der Waals surface area contributed by atoms with Crippen LogP contribution >= 0.6 is 0 Å². The van der Waals surface area contributed by atoms with E-state index in [2.05, 4.69) is 15.2 Å². The van der Waals surface area contributed by atoms with Gasteiger partial charge in [-0.15, -0.1) is 0 Å². The zero-order chi connectivity index (χ0) is 14.5. The Labute approximate surface area is 124 Å². The number of hydrogen-bond donors (Lipinski definition) is 1. The average Bonchev–Trinajstić information content (AvgIpc) is 3.07. The molecule has 110 valence electrons. The van der Waals surface area contributed by atoms with E-state index in [4.69, 9.17) is 4.42 Å². The third kappa shape index (κ3) is 3.42. The van der Waals surface area contributed by atoms with Gasteiger partial charge in [-0.25, -0.2) is 0 Å². The summed E-state index contributed by atoms with van der Waals surface area (Å²) in [5, 5.41) is 2.82. The summed E-state index contributed by atoms with van der Waals surface area (Å²) in [4.78, 5) is 18.6. The minimum atomic E-state index is -0.176. The molecule has 1 N–H and O–H groups in total. The molecule has 3 heterocycles. The second-order valence-electron chi connectivity index (χ2n) is 5.21. The fraction of sp³-hybridized carbons (Fsp3) is 0.375. The van der Waals surface area contributed by atoms with Crippen molar-refractivity contribution in [2.24, 2.45) is 0 Å². The van der Waals surface area contributed by atoms with Crippen molar-refractivity contribution in [3.05, 3.63) is 48.2 Å². The van der Waals surface area contributed by atoms with E-state index in [0.29, 0.717) is 12.2 Å². The van der Waals surface area contributed by atoms with Gasteiger partial charge in [0.2, 0.25) is 0 Å². The van der Waals surface area contributed by atoms with Crippen LogP contribution in [0, 0.1) is 0 Å². The molecule has 5 nitrogen and oxygen atoms in total. The third-order valence-corrected chi connectivity index (χ3v) is 3.70.